The average molecular weight is 338 g/mol. The summed E-state index contributed by atoms with van der Waals surface area (Å²) in [5.41, 5.74) is 0. The second kappa shape index (κ2) is 14.5. The molecule has 0 saturated heterocycles. The summed E-state index contributed by atoms with van der Waals surface area (Å²) in [5, 5.41) is 3.03. The molecule has 1 unspecified atom stereocenters. The number of amides is 1. The van der Waals surface area contributed by atoms with Crippen molar-refractivity contribution in [2.45, 2.75) is 83.5 Å². The van der Waals surface area contributed by atoms with Crippen LogP contribution < -0.4 is 10.2 Å². The molecule has 24 heavy (non-hydrogen) atoms. The second-order valence-electron chi connectivity index (χ2n) is 7.79. The van der Waals surface area contributed by atoms with Crippen molar-refractivity contribution in [2.24, 2.45) is 5.92 Å². The minimum absolute atomic E-state index is 0.240. The molecule has 0 radical (unpaired) electrons. The number of allylic oxidation sites excluding steroid dienone is 2. The molecule has 1 amide bonds. The largest absolute Gasteiger partial charge is 0.356 e. The molecular weight excluding hydrogens is 296 g/mol. The van der Waals surface area contributed by atoms with Gasteiger partial charge in [-0.15, -0.1) is 0 Å². The van der Waals surface area contributed by atoms with E-state index >= 15 is 0 Å². The van der Waals surface area contributed by atoms with Crippen molar-refractivity contribution >= 4 is 5.91 Å². The number of unbranched alkanes of at least 4 members (excludes halogenated alkanes) is 7. The molecule has 0 fully saturated rings. The third-order valence-electron chi connectivity index (χ3n) is 5.02. The summed E-state index contributed by atoms with van der Waals surface area (Å²) in [4.78, 5) is 13.1. The quantitative estimate of drug-likeness (QED) is 0.348. The summed E-state index contributed by atoms with van der Waals surface area (Å²) in [7, 11) is 4.30. The van der Waals surface area contributed by atoms with Crippen LogP contribution in [0.4, 0.5) is 0 Å². The number of hydrogen-bond acceptors (Lipinski definition) is 1. The average Bonchev–Trinajstić information content (AvgIpc) is 3.06. The van der Waals surface area contributed by atoms with Crippen LogP contribution in [0.25, 0.3) is 0 Å². The lowest BCUT2D eigenvalue weighted by Gasteiger charge is -2.08. The maximum absolute atomic E-state index is 11.7. The Morgan fingerprint density at radius 1 is 1.00 bits per heavy atom. The van der Waals surface area contributed by atoms with E-state index in [1.165, 1.54) is 69.1 Å². The van der Waals surface area contributed by atoms with Crippen LogP contribution in [-0.4, -0.2) is 33.1 Å². The fourth-order valence-electron chi connectivity index (χ4n) is 3.45. The SMILES string of the molecule is C[NH+](C)CCCNC(=O)CCCCCCCCCCC1C=CCC1. The summed E-state index contributed by atoms with van der Waals surface area (Å²) >= 11 is 0. The normalized spacial score (nSPS) is 16.9. The van der Waals surface area contributed by atoms with Crippen LogP contribution in [0, 0.1) is 5.92 Å². The molecule has 0 aromatic rings. The lowest BCUT2D eigenvalue weighted by atomic mass is 9.99. The van der Waals surface area contributed by atoms with Gasteiger partial charge in [-0.25, -0.2) is 0 Å². The minimum Gasteiger partial charge on any atom is -0.356 e. The van der Waals surface area contributed by atoms with Gasteiger partial charge in [0, 0.05) is 19.4 Å². The summed E-state index contributed by atoms with van der Waals surface area (Å²) < 4.78 is 0. The van der Waals surface area contributed by atoms with Gasteiger partial charge in [0.2, 0.25) is 5.91 Å². The van der Waals surface area contributed by atoms with Gasteiger partial charge < -0.3 is 10.2 Å². The van der Waals surface area contributed by atoms with Crippen molar-refractivity contribution in [2.75, 3.05) is 27.2 Å². The summed E-state index contributed by atoms with van der Waals surface area (Å²) in [6.07, 6.45) is 21.1. The van der Waals surface area contributed by atoms with E-state index in [-0.39, 0.29) is 5.91 Å². The first-order valence-corrected chi connectivity index (χ1v) is 10.4. The maximum atomic E-state index is 11.7. The highest BCUT2D eigenvalue weighted by molar-refractivity contribution is 5.75. The van der Waals surface area contributed by atoms with Gasteiger partial charge in [0.1, 0.15) is 0 Å². The Balaban J connectivity index is 1.75. The lowest BCUT2D eigenvalue weighted by molar-refractivity contribution is -0.858. The van der Waals surface area contributed by atoms with Crippen molar-refractivity contribution in [1.29, 1.82) is 0 Å². The van der Waals surface area contributed by atoms with Crippen molar-refractivity contribution in [3.8, 4) is 0 Å². The molecule has 0 aliphatic heterocycles. The molecule has 1 atom stereocenters. The van der Waals surface area contributed by atoms with Crippen LogP contribution in [-0.2, 0) is 4.79 Å². The number of nitrogens with one attached hydrogen (secondary N) is 2. The molecule has 2 N–H and O–H groups in total. The van der Waals surface area contributed by atoms with Gasteiger partial charge in [0.15, 0.2) is 0 Å². The Labute approximate surface area is 150 Å². The Morgan fingerprint density at radius 2 is 1.67 bits per heavy atom. The summed E-state index contributed by atoms with van der Waals surface area (Å²) in [6, 6.07) is 0. The van der Waals surface area contributed by atoms with Gasteiger partial charge in [-0.05, 0) is 31.6 Å². The molecular formula is C21H41N2O+. The van der Waals surface area contributed by atoms with E-state index in [0.29, 0.717) is 6.42 Å². The molecule has 0 heterocycles. The standard InChI is InChI=1S/C21H40N2O/c1-23(2)19-13-18-22-21(24)17-10-8-6-4-3-5-7-9-14-20-15-11-12-16-20/h11,15,20H,3-10,12-14,16-19H2,1-2H3,(H,22,24)/p+1. The molecule has 140 valence electrons. The van der Waals surface area contributed by atoms with Crippen molar-refractivity contribution < 1.29 is 9.69 Å². The van der Waals surface area contributed by atoms with Crippen molar-refractivity contribution in [3.05, 3.63) is 12.2 Å². The Morgan fingerprint density at radius 3 is 2.29 bits per heavy atom. The fraction of sp³-hybridized carbons (Fsp3) is 0.857. The Bertz CT molecular complexity index is 339. The predicted molar refractivity (Wildman–Crippen MR) is 103 cm³/mol. The first kappa shape index (κ1) is 21.2. The van der Waals surface area contributed by atoms with Gasteiger partial charge in [0.05, 0.1) is 20.6 Å². The van der Waals surface area contributed by atoms with E-state index in [1.54, 1.807) is 0 Å². The molecule has 0 saturated carbocycles. The smallest absolute Gasteiger partial charge is 0.219 e. The minimum atomic E-state index is 0.240. The van der Waals surface area contributed by atoms with Gasteiger partial charge in [-0.2, -0.15) is 0 Å². The number of rotatable bonds is 15. The number of carbonyl (C=O) groups excluding carboxylic acids is 1. The maximum Gasteiger partial charge on any atom is 0.219 e. The molecule has 0 aromatic carbocycles. The lowest BCUT2D eigenvalue weighted by Crippen LogP contribution is -3.05. The van der Waals surface area contributed by atoms with E-state index in [4.69, 9.17) is 0 Å². The van der Waals surface area contributed by atoms with Crippen molar-refractivity contribution in [3.63, 3.8) is 0 Å². The number of quaternary nitrogens is 1. The monoisotopic (exact) mass is 337 g/mol. The van der Waals surface area contributed by atoms with E-state index in [2.05, 4.69) is 31.6 Å². The molecule has 0 bridgehead atoms. The van der Waals surface area contributed by atoms with Crippen LogP contribution in [0.2, 0.25) is 0 Å². The van der Waals surface area contributed by atoms with Gasteiger partial charge in [0.25, 0.3) is 0 Å². The Hall–Kier alpha value is -0.830. The second-order valence-corrected chi connectivity index (χ2v) is 7.79. The zero-order chi connectivity index (χ0) is 17.5. The van der Waals surface area contributed by atoms with Crippen LogP contribution in [0.15, 0.2) is 12.2 Å². The highest BCUT2D eigenvalue weighted by atomic mass is 16.1. The van der Waals surface area contributed by atoms with Crippen molar-refractivity contribution in [1.82, 2.24) is 5.32 Å². The fourth-order valence-corrected chi connectivity index (χ4v) is 3.45. The van der Waals surface area contributed by atoms with Crippen LogP contribution in [0.5, 0.6) is 0 Å². The number of hydrogen-bond donors (Lipinski definition) is 2. The predicted octanol–water partition coefficient (Wildman–Crippen LogP) is 3.50. The molecule has 3 heteroatoms. The third-order valence-corrected chi connectivity index (χ3v) is 5.02. The summed E-state index contributed by atoms with van der Waals surface area (Å²) in [5.74, 6) is 1.13. The summed E-state index contributed by atoms with van der Waals surface area (Å²) in [6.45, 7) is 1.96. The zero-order valence-electron chi connectivity index (χ0n) is 16.2. The first-order chi connectivity index (χ1) is 11.7. The molecule has 3 nitrogen and oxygen atoms in total. The van der Waals surface area contributed by atoms with E-state index in [0.717, 1.165) is 31.8 Å². The molecule has 1 aliphatic rings. The van der Waals surface area contributed by atoms with Gasteiger partial charge in [-0.3, -0.25) is 4.79 Å². The first-order valence-electron chi connectivity index (χ1n) is 10.4. The van der Waals surface area contributed by atoms with Crippen LogP contribution in [0.3, 0.4) is 0 Å². The van der Waals surface area contributed by atoms with Crippen LogP contribution >= 0.6 is 0 Å². The molecule has 0 spiro atoms. The number of carbonyl (C=O) groups is 1. The molecule has 1 rings (SSSR count). The third kappa shape index (κ3) is 12.6. The van der Waals surface area contributed by atoms with E-state index < -0.39 is 0 Å². The van der Waals surface area contributed by atoms with Gasteiger partial charge >= 0.3 is 0 Å². The molecule has 1 aliphatic carbocycles. The molecule has 0 aromatic heterocycles. The van der Waals surface area contributed by atoms with Crippen LogP contribution in [0.1, 0.15) is 83.5 Å². The zero-order valence-corrected chi connectivity index (χ0v) is 16.2. The Kier molecular flexibility index (Phi) is 12.8. The van der Waals surface area contributed by atoms with E-state index in [9.17, 15) is 4.79 Å². The highest BCUT2D eigenvalue weighted by Gasteiger charge is 2.07. The highest BCUT2D eigenvalue weighted by Crippen LogP contribution is 2.23. The topological polar surface area (TPSA) is 33.5 Å². The van der Waals surface area contributed by atoms with E-state index in [1.807, 2.05) is 0 Å². The van der Waals surface area contributed by atoms with Gasteiger partial charge in [-0.1, -0.05) is 57.1 Å².